The van der Waals surface area contributed by atoms with Crippen LogP contribution in [0.4, 0.5) is 0 Å². The molecule has 2 saturated heterocycles. The normalized spacial score (nSPS) is 36.8. The minimum Gasteiger partial charge on any atom is -0.354 e. The van der Waals surface area contributed by atoms with Crippen LogP contribution >= 0.6 is 0 Å². The fraction of sp³-hybridized carbons (Fsp3) is 0.900. The van der Waals surface area contributed by atoms with Crippen LogP contribution in [0.5, 0.6) is 0 Å². The van der Waals surface area contributed by atoms with E-state index in [0.29, 0.717) is 6.04 Å². The SMILES string of the molecule is CCC1CC2COC(C)(C)N2C1=O. The van der Waals surface area contributed by atoms with Crippen LogP contribution in [0.1, 0.15) is 33.6 Å². The molecular formula is C10H17NO2. The van der Waals surface area contributed by atoms with Crippen LogP contribution in [0.25, 0.3) is 0 Å². The summed E-state index contributed by atoms with van der Waals surface area (Å²) in [5, 5.41) is 0. The van der Waals surface area contributed by atoms with Gasteiger partial charge in [-0.25, -0.2) is 0 Å². The average molecular weight is 183 g/mol. The van der Waals surface area contributed by atoms with E-state index in [1.807, 2.05) is 18.7 Å². The lowest BCUT2D eigenvalue weighted by Gasteiger charge is -2.29. The predicted molar refractivity (Wildman–Crippen MR) is 49.1 cm³/mol. The predicted octanol–water partition coefficient (Wildman–Crippen LogP) is 1.38. The highest BCUT2D eigenvalue weighted by atomic mass is 16.5. The summed E-state index contributed by atoms with van der Waals surface area (Å²) in [6.45, 7) is 6.75. The Morgan fingerprint density at radius 3 is 2.85 bits per heavy atom. The number of hydrogen-bond acceptors (Lipinski definition) is 2. The Morgan fingerprint density at radius 1 is 1.62 bits per heavy atom. The molecule has 0 bridgehead atoms. The van der Waals surface area contributed by atoms with Gasteiger partial charge in [0, 0.05) is 5.92 Å². The van der Waals surface area contributed by atoms with E-state index in [1.54, 1.807) is 0 Å². The molecule has 2 aliphatic heterocycles. The quantitative estimate of drug-likeness (QED) is 0.614. The molecule has 0 aliphatic carbocycles. The molecule has 13 heavy (non-hydrogen) atoms. The van der Waals surface area contributed by atoms with E-state index in [4.69, 9.17) is 4.74 Å². The molecule has 0 N–H and O–H groups in total. The molecule has 0 saturated carbocycles. The zero-order valence-electron chi connectivity index (χ0n) is 8.54. The lowest BCUT2D eigenvalue weighted by Crippen LogP contribution is -2.44. The van der Waals surface area contributed by atoms with Crippen molar-refractivity contribution in [3.05, 3.63) is 0 Å². The molecule has 2 fully saturated rings. The van der Waals surface area contributed by atoms with Crippen molar-refractivity contribution >= 4 is 5.91 Å². The van der Waals surface area contributed by atoms with Crippen LogP contribution in [0.2, 0.25) is 0 Å². The summed E-state index contributed by atoms with van der Waals surface area (Å²) in [5.41, 5.74) is -0.369. The maximum Gasteiger partial charge on any atom is 0.228 e. The molecule has 2 unspecified atom stereocenters. The van der Waals surface area contributed by atoms with Gasteiger partial charge in [0.05, 0.1) is 12.6 Å². The monoisotopic (exact) mass is 183 g/mol. The van der Waals surface area contributed by atoms with Crippen molar-refractivity contribution in [2.45, 2.75) is 45.4 Å². The van der Waals surface area contributed by atoms with E-state index < -0.39 is 0 Å². The molecule has 0 aromatic carbocycles. The second-order valence-corrected chi connectivity index (χ2v) is 4.46. The van der Waals surface area contributed by atoms with Crippen molar-refractivity contribution in [3.8, 4) is 0 Å². The number of nitrogens with zero attached hydrogens (tertiary/aromatic N) is 1. The van der Waals surface area contributed by atoms with Gasteiger partial charge in [-0.3, -0.25) is 4.79 Å². The van der Waals surface area contributed by atoms with E-state index in [9.17, 15) is 4.79 Å². The van der Waals surface area contributed by atoms with Gasteiger partial charge in [0.15, 0.2) is 0 Å². The van der Waals surface area contributed by atoms with Crippen LogP contribution in [0, 0.1) is 5.92 Å². The number of ether oxygens (including phenoxy) is 1. The zero-order valence-corrected chi connectivity index (χ0v) is 8.54. The third-order valence-electron chi connectivity index (χ3n) is 3.21. The summed E-state index contributed by atoms with van der Waals surface area (Å²) in [7, 11) is 0. The second-order valence-electron chi connectivity index (χ2n) is 4.46. The van der Waals surface area contributed by atoms with Gasteiger partial charge in [0.25, 0.3) is 0 Å². The van der Waals surface area contributed by atoms with Crippen molar-refractivity contribution in [1.29, 1.82) is 0 Å². The molecule has 2 aliphatic rings. The first-order chi connectivity index (χ1) is 6.06. The summed E-state index contributed by atoms with van der Waals surface area (Å²) in [6.07, 6.45) is 1.95. The highest BCUT2D eigenvalue weighted by molar-refractivity contribution is 5.82. The van der Waals surface area contributed by atoms with Crippen molar-refractivity contribution in [2.75, 3.05) is 6.61 Å². The van der Waals surface area contributed by atoms with Crippen LogP contribution in [-0.4, -0.2) is 29.2 Å². The molecule has 2 rings (SSSR count). The Morgan fingerprint density at radius 2 is 2.31 bits per heavy atom. The van der Waals surface area contributed by atoms with E-state index in [2.05, 4.69) is 6.92 Å². The summed E-state index contributed by atoms with van der Waals surface area (Å²) in [6, 6.07) is 0.340. The van der Waals surface area contributed by atoms with Gasteiger partial charge >= 0.3 is 0 Å². The first kappa shape index (κ1) is 9.00. The van der Waals surface area contributed by atoms with Gasteiger partial charge in [0.2, 0.25) is 5.91 Å². The van der Waals surface area contributed by atoms with Crippen LogP contribution in [0.3, 0.4) is 0 Å². The molecule has 0 radical (unpaired) electrons. The fourth-order valence-electron chi connectivity index (χ4n) is 2.47. The smallest absolute Gasteiger partial charge is 0.228 e. The largest absolute Gasteiger partial charge is 0.354 e. The Bertz CT molecular complexity index is 237. The number of carbonyl (C=O) groups is 1. The maximum atomic E-state index is 11.9. The summed E-state index contributed by atoms with van der Waals surface area (Å²) in [5.74, 6) is 0.531. The molecule has 3 heteroatoms. The Hall–Kier alpha value is -0.570. The molecule has 3 nitrogen and oxygen atoms in total. The van der Waals surface area contributed by atoms with Crippen LogP contribution < -0.4 is 0 Å². The molecule has 74 valence electrons. The highest BCUT2D eigenvalue weighted by Gasteiger charge is 2.50. The summed E-state index contributed by atoms with van der Waals surface area (Å²) >= 11 is 0. The lowest BCUT2D eigenvalue weighted by molar-refractivity contribution is -0.144. The topological polar surface area (TPSA) is 29.5 Å². The number of rotatable bonds is 1. The number of hydrogen-bond donors (Lipinski definition) is 0. The zero-order chi connectivity index (χ0) is 9.64. The first-order valence-electron chi connectivity index (χ1n) is 5.03. The van der Waals surface area contributed by atoms with Gasteiger partial charge in [-0.05, 0) is 26.7 Å². The van der Waals surface area contributed by atoms with Crippen molar-refractivity contribution in [3.63, 3.8) is 0 Å². The van der Waals surface area contributed by atoms with Gasteiger partial charge in [0.1, 0.15) is 5.72 Å². The van der Waals surface area contributed by atoms with Gasteiger partial charge in [-0.15, -0.1) is 0 Å². The van der Waals surface area contributed by atoms with Crippen molar-refractivity contribution < 1.29 is 9.53 Å². The lowest BCUT2D eigenvalue weighted by atomic mass is 10.0. The van der Waals surface area contributed by atoms with Gasteiger partial charge in [-0.1, -0.05) is 6.92 Å². The van der Waals surface area contributed by atoms with Gasteiger partial charge in [-0.2, -0.15) is 0 Å². The molecule has 0 spiro atoms. The van der Waals surface area contributed by atoms with Crippen molar-refractivity contribution in [1.82, 2.24) is 4.90 Å². The van der Waals surface area contributed by atoms with Gasteiger partial charge < -0.3 is 9.64 Å². The molecule has 1 amide bonds. The van der Waals surface area contributed by atoms with E-state index in [0.717, 1.165) is 19.4 Å². The molecule has 0 aromatic heterocycles. The van der Waals surface area contributed by atoms with E-state index in [1.165, 1.54) is 0 Å². The van der Waals surface area contributed by atoms with Crippen molar-refractivity contribution in [2.24, 2.45) is 5.92 Å². The molecule has 2 heterocycles. The molecule has 2 atom stereocenters. The highest BCUT2D eigenvalue weighted by Crippen LogP contribution is 2.38. The van der Waals surface area contributed by atoms with E-state index in [-0.39, 0.29) is 17.6 Å². The summed E-state index contributed by atoms with van der Waals surface area (Å²) < 4.78 is 5.58. The third kappa shape index (κ3) is 1.17. The number of fused-ring (bicyclic) bond motifs is 1. The van der Waals surface area contributed by atoms with E-state index >= 15 is 0 Å². The van der Waals surface area contributed by atoms with Crippen LogP contribution in [-0.2, 0) is 9.53 Å². The number of amides is 1. The Kier molecular flexibility index (Phi) is 1.88. The van der Waals surface area contributed by atoms with Crippen LogP contribution in [0.15, 0.2) is 0 Å². The number of carbonyl (C=O) groups excluding carboxylic acids is 1. The summed E-state index contributed by atoms with van der Waals surface area (Å²) in [4.78, 5) is 13.8. The Labute approximate surface area is 79.0 Å². The minimum absolute atomic E-state index is 0.244. The molecule has 0 aromatic rings. The standard InChI is InChI=1S/C10H17NO2/c1-4-7-5-8-6-13-10(2,3)11(8)9(7)12/h7-8H,4-6H2,1-3H3. The fourth-order valence-corrected chi connectivity index (χ4v) is 2.47. The molecular weight excluding hydrogens is 166 g/mol. The Balaban J connectivity index is 2.22. The minimum atomic E-state index is -0.369. The maximum absolute atomic E-state index is 11.9. The average Bonchev–Trinajstić information content (AvgIpc) is 2.52. The second kappa shape index (κ2) is 2.71. The first-order valence-corrected chi connectivity index (χ1v) is 5.03. The third-order valence-corrected chi connectivity index (χ3v) is 3.21.